The van der Waals surface area contributed by atoms with Crippen LogP contribution < -0.4 is 4.72 Å². The van der Waals surface area contributed by atoms with Gasteiger partial charge in [-0.05, 0) is 12.8 Å². The fourth-order valence-electron chi connectivity index (χ4n) is 2.72. The zero-order chi connectivity index (χ0) is 17.5. The third-order valence-electron chi connectivity index (χ3n) is 4.11. The fourth-order valence-corrected chi connectivity index (χ4v) is 3.88. The first-order valence-corrected chi connectivity index (χ1v) is 9.78. The van der Waals surface area contributed by atoms with Gasteiger partial charge in [0.2, 0.25) is 0 Å². The molecule has 0 radical (unpaired) electrons. The summed E-state index contributed by atoms with van der Waals surface area (Å²) in [5.41, 5.74) is 0. The van der Waals surface area contributed by atoms with Crippen LogP contribution in [0.4, 0.5) is 0 Å². The maximum absolute atomic E-state index is 12.6. The minimum atomic E-state index is -3.68. The molecule has 0 saturated carbocycles. The molecule has 1 aliphatic rings. The first-order valence-electron chi connectivity index (χ1n) is 8.30. The first kappa shape index (κ1) is 17.1. The van der Waals surface area contributed by atoms with Crippen LogP contribution in [0.2, 0.25) is 0 Å². The van der Waals surface area contributed by atoms with Gasteiger partial charge in [0.25, 0.3) is 10.0 Å². The highest BCUT2D eigenvalue weighted by Gasteiger charge is 2.30. The summed E-state index contributed by atoms with van der Waals surface area (Å²) in [4.78, 5) is 11.6. The average molecular weight is 352 g/mol. The van der Waals surface area contributed by atoms with Crippen molar-refractivity contribution in [2.24, 2.45) is 0 Å². The Morgan fingerprint density at radius 3 is 2.67 bits per heavy atom. The summed E-state index contributed by atoms with van der Waals surface area (Å²) < 4.78 is 29.9. The number of aromatic nitrogens is 5. The molecule has 3 rings (SSSR count). The van der Waals surface area contributed by atoms with Crippen molar-refractivity contribution in [2.75, 3.05) is 0 Å². The Hall–Kier alpha value is -1.74. The van der Waals surface area contributed by atoms with E-state index in [9.17, 15) is 8.42 Å². The zero-order valence-corrected chi connectivity index (χ0v) is 15.3. The number of hydrogen-bond acceptors (Lipinski definition) is 5. The highest BCUT2D eigenvalue weighted by atomic mass is 32.2. The van der Waals surface area contributed by atoms with Gasteiger partial charge < -0.3 is 4.98 Å². The van der Waals surface area contributed by atoms with Crippen LogP contribution in [0.1, 0.15) is 75.9 Å². The molecule has 0 spiro atoms. The van der Waals surface area contributed by atoms with Crippen molar-refractivity contribution < 1.29 is 8.42 Å². The van der Waals surface area contributed by atoms with Crippen molar-refractivity contribution in [1.82, 2.24) is 29.5 Å². The van der Waals surface area contributed by atoms with E-state index in [4.69, 9.17) is 0 Å². The highest BCUT2D eigenvalue weighted by molar-refractivity contribution is 7.89. The van der Waals surface area contributed by atoms with Gasteiger partial charge in [-0.15, -0.1) is 0 Å². The van der Waals surface area contributed by atoms with Crippen LogP contribution in [0.5, 0.6) is 0 Å². The summed E-state index contributed by atoms with van der Waals surface area (Å²) >= 11 is 0. The van der Waals surface area contributed by atoms with E-state index in [0.717, 1.165) is 18.8 Å². The molecule has 2 aromatic rings. The Bertz CT molecular complexity index is 821. The summed E-state index contributed by atoms with van der Waals surface area (Å²) in [6, 6.07) is -0.366. The molecule has 2 aromatic heterocycles. The highest BCUT2D eigenvalue weighted by Crippen LogP contribution is 2.26. The van der Waals surface area contributed by atoms with E-state index in [2.05, 4.69) is 24.8 Å². The number of imidazole rings is 1. The van der Waals surface area contributed by atoms with Gasteiger partial charge in [0, 0.05) is 18.4 Å². The van der Waals surface area contributed by atoms with E-state index in [-0.39, 0.29) is 22.9 Å². The van der Waals surface area contributed by atoms with Gasteiger partial charge in [-0.2, -0.15) is 9.82 Å². The number of nitrogens with one attached hydrogen (secondary N) is 2. The average Bonchev–Trinajstić information content (AvgIpc) is 3.15. The van der Waals surface area contributed by atoms with Gasteiger partial charge in [0.05, 0.1) is 12.2 Å². The molecule has 3 heterocycles. The predicted octanol–water partition coefficient (Wildman–Crippen LogP) is 2.06. The Labute approximate surface area is 142 Å². The molecule has 1 unspecified atom stereocenters. The third-order valence-corrected chi connectivity index (χ3v) is 5.49. The van der Waals surface area contributed by atoms with E-state index in [0.29, 0.717) is 18.1 Å². The Balaban J connectivity index is 1.86. The number of aryl methyl sites for hydroxylation is 1. The number of hydrogen-bond donors (Lipinski definition) is 2. The minimum absolute atomic E-state index is 0.0897. The Morgan fingerprint density at radius 1 is 1.29 bits per heavy atom. The maximum atomic E-state index is 12.6. The van der Waals surface area contributed by atoms with Crippen LogP contribution >= 0.6 is 0 Å². The molecule has 8 nitrogen and oxygen atoms in total. The molecule has 1 aliphatic heterocycles. The van der Waals surface area contributed by atoms with E-state index >= 15 is 0 Å². The molecule has 2 N–H and O–H groups in total. The quantitative estimate of drug-likeness (QED) is 0.857. The van der Waals surface area contributed by atoms with Crippen LogP contribution in [0.25, 0.3) is 0 Å². The molecule has 9 heteroatoms. The molecule has 0 aromatic carbocycles. The summed E-state index contributed by atoms with van der Waals surface area (Å²) in [5.74, 6) is 2.45. The molecule has 1 atom stereocenters. The lowest BCUT2D eigenvalue weighted by Gasteiger charge is -2.22. The zero-order valence-electron chi connectivity index (χ0n) is 14.4. The molecule has 0 saturated heterocycles. The molecular formula is C15H24N6O2S. The topological polar surface area (TPSA) is 106 Å². The van der Waals surface area contributed by atoms with Gasteiger partial charge in [-0.25, -0.2) is 23.1 Å². The van der Waals surface area contributed by atoms with Gasteiger partial charge in [0.15, 0.2) is 10.9 Å². The van der Waals surface area contributed by atoms with Crippen LogP contribution in [-0.2, 0) is 16.6 Å². The number of fused-ring (bicyclic) bond motifs is 1. The van der Waals surface area contributed by atoms with Crippen molar-refractivity contribution in [2.45, 2.75) is 70.0 Å². The number of H-pyrrole nitrogens is 1. The molecule has 0 bridgehead atoms. The summed E-state index contributed by atoms with van der Waals surface area (Å²) in [6.45, 7) is 8.74. The van der Waals surface area contributed by atoms with Gasteiger partial charge in [-0.1, -0.05) is 27.7 Å². The van der Waals surface area contributed by atoms with Gasteiger partial charge in [-0.3, -0.25) is 0 Å². The standard InChI is InChI=1S/C15H24N6O2S/c1-9(2)13-16-8-12(17-13)24(22,23)20-11-6-5-7-21-15(11)18-14(19-21)10(3)4/h8-11,20H,5-7H2,1-4H3,(H,16,17). The lowest BCUT2D eigenvalue weighted by atomic mass is 10.1. The minimum Gasteiger partial charge on any atom is -0.332 e. The van der Waals surface area contributed by atoms with Crippen molar-refractivity contribution in [3.05, 3.63) is 23.7 Å². The lowest BCUT2D eigenvalue weighted by molar-refractivity contribution is 0.399. The normalized spacial score (nSPS) is 18.3. The number of nitrogens with zero attached hydrogens (tertiary/aromatic N) is 4. The smallest absolute Gasteiger partial charge is 0.258 e. The summed E-state index contributed by atoms with van der Waals surface area (Å²) in [5, 5.41) is 4.57. The largest absolute Gasteiger partial charge is 0.332 e. The second kappa shape index (κ2) is 6.29. The first-order chi connectivity index (χ1) is 11.3. The van der Waals surface area contributed by atoms with E-state index in [1.165, 1.54) is 6.20 Å². The summed E-state index contributed by atoms with van der Waals surface area (Å²) in [6.07, 6.45) is 2.94. The third kappa shape index (κ3) is 3.23. The molecule has 0 aliphatic carbocycles. The number of sulfonamides is 1. The van der Waals surface area contributed by atoms with Gasteiger partial charge in [0.1, 0.15) is 11.6 Å². The Kier molecular flexibility index (Phi) is 4.48. The van der Waals surface area contributed by atoms with Gasteiger partial charge >= 0.3 is 0 Å². The monoisotopic (exact) mass is 352 g/mol. The number of rotatable bonds is 5. The SMILES string of the molecule is CC(C)c1nc2n(n1)CCCC2NS(=O)(=O)c1cnc(C(C)C)[nH]1. The molecule has 0 fully saturated rings. The van der Waals surface area contributed by atoms with Crippen molar-refractivity contribution in [3.63, 3.8) is 0 Å². The Morgan fingerprint density at radius 2 is 2.04 bits per heavy atom. The van der Waals surface area contributed by atoms with E-state index in [1.54, 1.807) is 0 Å². The fraction of sp³-hybridized carbons (Fsp3) is 0.667. The maximum Gasteiger partial charge on any atom is 0.258 e. The van der Waals surface area contributed by atoms with Crippen LogP contribution in [0, 0.1) is 0 Å². The van der Waals surface area contributed by atoms with Crippen LogP contribution in [0.3, 0.4) is 0 Å². The summed E-state index contributed by atoms with van der Waals surface area (Å²) in [7, 11) is -3.68. The lowest BCUT2D eigenvalue weighted by Crippen LogP contribution is -2.33. The molecule has 0 amide bonds. The molecule has 24 heavy (non-hydrogen) atoms. The van der Waals surface area contributed by atoms with Crippen molar-refractivity contribution >= 4 is 10.0 Å². The van der Waals surface area contributed by atoms with Crippen LogP contribution in [-0.4, -0.2) is 33.2 Å². The van der Waals surface area contributed by atoms with Crippen molar-refractivity contribution in [1.29, 1.82) is 0 Å². The second-order valence-electron chi connectivity index (χ2n) is 6.81. The van der Waals surface area contributed by atoms with E-state index in [1.807, 2.05) is 32.4 Å². The second-order valence-corrected chi connectivity index (χ2v) is 8.49. The van der Waals surface area contributed by atoms with Crippen molar-refractivity contribution in [3.8, 4) is 0 Å². The number of aromatic amines is 1. The predicted molar refractivity (Wildman–Crippen MR) is 89.1 cm³/mol. The van der Waals surface area contributed by atoms with E-state index < -0.39 is 10.0 Å². The van der Waals surface area contributed by atoms with Crippen LogP contribution in [0.15, 0.2) is 11.2 Å². The molecular weight excluding hydrogens is 328 g/mol. The molecule has 132 valence electrons.